The molecule has 0 saturated carbocycles. The first-order valence-corrected chi connectivity index (χ1v) is 6.37. The number of esters is 1. The summed E-state index contributed by atoms with van der Waals surface area (Å²) >= 11 is 0. The SMILES string of the molecule is CCOC(=O)c1cn(-c2cccc3ccccc23)nn1. The van der Waals surface area contributed by atoms with E-state index in [9.17, 15) is 4.79 Å². The number of aromatic nitrogens is 3. The van der Waals surface area contributed by atoms with Crippen molar-refractivity contribution in [3.05, 3.63) is 54.4 Å². The van der Waals surface area contributed by atoms with Crippen molar-refractivity contribution in [1.82, 2.24) is 15.0 Å². The number of hydrogen-bond acceptors (Lipinski definition) is 4. The lowest BCUT2D eigenvalue weighted by atomic mass is 10.1. The Labute approximate surface area is 115 Å². The van der Waals surface area contributed by atoms with Gasteiger partial charge >= 0.3 is 5.97 Å². The van der Waals surface area contributed by atoms with E-state index in [1.807, 2.05) is 42.5 Å². The van der Waals surface area contributed by atoms with Gasteiger partial charge in [0.05, 0.1) is 18.5 Å². The van der Waals surface area contributed by atoms with Gasteiger partial charge in [0.1, 0.15) is 0 Å². The number of benzene rings is 2. The van der Waals surface area contributed by atoms with Gasteiger partial charge in [-0.25, -0.2) is 9.48 Å². The maximum atomic E-state index is 11.6. The summed E-state index contributed by atoms with van der Waals surface area (Å²) in [6.45, 7) is 2.08. The monoisotopic (exact) mass is 267 g/mol. The van der Waals surface area contributed by atoms with Crippen molar-refractivity contribution in [3.8, 4) is 5.69 Å². The summed E-state index contributed by atoms with van der Waals surface area (Å²) in [7, 11) is 0. The van der Waals surface area contributed by atoms with Crippen LogP contribution in [0.1, 0.15) is 17.4 Å². The third-order valence-corrected chi connectivity index (χ3v) is 2.99. The van der Waals surface area contributed by atoms with E-state index < -0.39 is 5.97 Å². The van der Waals surface area contributed by atoms with E-state index in [0.717, 1.165) is 16.5 Å². The van der Waals surface area contributed by atoms with Crippen LogP contribution in [0.5, 0.6) is 0 Å². The fourth-order valence-electron chi connectivity index (χ4n) is 2.09. The highest BCUT2D eigenvalue weighted by Crippen LogP contribution is 2.21. The Balaban J connectivity index is 2.06. The molecule has 0 atom stereocenters. The minimum absolute atomic E-state index is 0.208. The van der Waals surface area contributed by atoms with Crippen LogP contribution in [0.2, 0.25) is 0 Å². The molecular weight excluding hydrogens is 254 g/mol. The number of hydrogen-bond donors (Lipinski definition) is 0. The Morgan fingerprint density at radius 1 is 1.20 bits per heavy atom. The number of carbonyl (C=O) groups excluding carboxylic acids is 1. The zero-order valence-electron chi connectivity index (χ0n) is 11.0. The summed E-state index contributed by atoms with van der Waals surface area (Å²) in [5, 5.41) is 10.0. The van der Waals surface area contributed by atoms with E-state index >= 15 is 0 Å². The second kappa shape index (κ2) is 5.13. The third-order valence-electron chi connectivity index (χ3n) is 2.99. The molecule has 1 aromatic heterocycles. The van der Waals surface area contributed by atoms with Crippen LogP contribution in [-0.2, 0) is 4.74 Å². The van der Waals surface area contributed by atoms with Gasteiger partial charge in [0.25, 0.3) is 0 Å². The molecule has 0 N–H and O–H groups in total. The molecule has 0 unspecified atom stereocenters. The summed E-state index contributed by atoms with van der Waals surface area (Å²) in [4.78, 5) is 11.6. The maximum Gasteiger partial charge on any atom is 0.360 e. The fourth-order valence-corrected chi connectivity index (χ4v) is 2.09. The Morgan fingerprint density at radius 2 is 2.00 bits per heavy atom. The minimum atomic E-state index is -0.459. The molecule has 0 aliphatic rings. The van der Waals surface area contributed by atoms with Gasteiger partial charge in [0.2, 0.25) is 0 Å². The topological polar surface area (TPSA) is 57.0 Å². The normalized spacial score (nSPS) is 10.7. The van der Waals surface area contributed by atoms with E-state index in [0.29, 0.717) is 6.61 Å². The van der Waals surface area contributed by atoms with Crippen LogP contribution in [-0.4, -0.2) is 27.6 Å². The lowest BCUT2D eigenvalue weighted by molar-refractivity contribution is 0.0519. The van der Waals surface area contributed by atoms with E-state index in [2.05, 4.69) is 10.3 Å². The molecule has 0 saturated heterocycles. The molecule has 0 amide bonds. The zero-order chi connectivity index (χ0) is 13.9. The second-order valence-electron chi connectivity index (χ2n) is 4.27. The molecule has 0 bridgehead atoms. The Kier molecular flexibility index (Phi) is 3.16. The van der Waals surface area contributed by atoms with Gasteiger partial charge in [-0.1, -0.05) is 41.6 Å². The highest BCUT2D eigenvalue weighted by molar-refractivity contribution is 5.90. The molecular formula is C15H13N3O2. The molecule has 0 spiro atoms. The van der Waals surface area contributed by atoms with Gasteiger partial charge in [-0.05, 0) is 18.4 Å². The van der Waals surface area contributed by atoms with Crippen molar-refractivity contribution >= 4 is 16.7 Å². The Bertz CT molecular complexity index is 759. The third kappa shape index (κ3) is 2.14. The molecule has 100 valence electrons. The first kappa shape index (κ1) is 12.3. The van der Waals surface area contributed by atoms with Crippen LogP contribution in [0.25, 0.3) is 16.5 Å². The molecule has 0 aliphatic carbocycles. The predicted molar refractivity (Wildman–Crippen MR) is 74.8 cm³/mol. The molecule has 5 nitrogen and oxygen atoms in total. The van der Waals surface area contributed by atoms with Crippen molar-refractivity contribution in [2.24, 2.45) is 0 Å². The van der Waals surface area contributed by atoms with E-state index in [-0.39, 0.29) is 5.69 Å². The van der Waals surface area contributed by atoms with Crippen molar-refractivity contribution in [2.75, 3.05) is 6.61 Å². The highest BCUT2D eigenvalue weighted by Gasteiger charge is 2.13. The van der Waals surface area contributed by atoms with E-state index in [1.54, 1.807) is 17.8 Å². The van der Waals surface area contributed by atoms with Gasteiger partial charge in [-0.3, -0.25) is 0 Å². The number of rotatable bonds is 3. The first-order valence-electron chi connectivity index (χ1n) is 6.37. The fraction of sp³-hybridized carbons (Fsp3) is 0.133. The van der Waals surface area contributed by atoms with Gasteiger partial charge in [0.15, 0.2) is 5.69 Å². The number of nitrogens with zero attached hydrogens (tertiary/aromatic N) is 3. The average molecular weight is 267 g/mol. The smallest absolute Gasteiger partial charge is 0.360 e. The molecule has 0 radical (unpaired) electrons. The summed E-state index contributed by atoms with van der Waals surface area (Å²) in [5.74, 6) is -0.459. The minimum Gasteiger partial charge on any atom is -0.461 e. The second-order valence-corrected chi connectivity index (χ2v) is 4.27. The maximum absolute atomic E-state index is 11.6. The summed E-state index contributed by atoms with van der Waals surface area (Å²) in [6.07, 6.45) is 1.58. The van der Waals surface area contributed by atoms with E-state index in [4.69, 9.17) is 4.74 Å². The van der Waals surface area contributed by atoms with Crippen molar-refractivity contribution in [2.45, 2.75) is 6.92 Å². The Hall–Kier alpha value is -2.69. The average Bonchev–Trinajstić information content (AvgIpc) is 2.97. The molecule has 20 heavy (non-hydrogen) atoms. The van der Waals surface area contributed by atoms with Crippen LogP contribution >= 0.6 is 0 Å². The van der Waals surface area contributed by atoms with E-state index in [1.165, 1.54) is 0 Å². The van der Waals surface area contributed by atoms with Gasteiger partial charge in [-0.15, -0.1) is 5.10 Å². The summed E-state index contributed by atoms with van der Waals surface area (Å²) < 4.78 is 6.50. The summed E-state index contributed by atoms with van der Waals surface area (Å²) in [5.41, 5.74) is 1.09. The molecule has 3 rings (SSSR count). The molecule has 3 aromatic rings. The van der Waals surface area contributed by atoms with Gasteiger partial charge < -0.3 is 4.74 Å². The van der Waals surface area contributed by atoms with Gasteiger partial charge in [0, 0.05) is 5.39 Å². The van der Waals surface area contributed by atoms with Gasteiger partial charge in [-0.2, -0.15) is 0 Å². The predicted octanol–water partition coefficient (Wildman–Crippen LogP) is 2.60. The van der Waals surface area contributed by atoms with Crippen LogP contribution in [0, 0.1) is 0 Å². The molecule has 0 aliphatic heterocycles. The standard InChI is InChI=1S/C15H13N3O2/c1-2-20-15(19)13-10-18(17-16-13)14-9-5-7-11-6-3-4-8-12(11)14/h3-10H,2H2,1H3. The first-order chi connectivity index (χ1) is 9.79. The van der Waals surface area contributed by atoms with Crippen molar-refractivity contribution in [3.63, 3.8) is 0 Å². The molecule has 5 heteroatoms. The van der Waals surface area contributed by atoms with Crippen LogP contribution in [0.4, 0.5) is 0 Å². The largest absolute Gasteiger partial charge is 0.461 e. The van der Waals surface area contributed by atoms with Crippen molar-refractivity contribution < 1.29 is 9.53 Å². The number of ether oxygens (including phenoxy) is 1. The van der Waals surface area contributed by atoms with Crippen molar-refractivity contribution in [1.29, 1.82) is 0 Å². The Morgan fingerprint density at radius 3 is 2.85 bits per heavy atom. The highest BCUT2D eigenvalue weighted by atomic mass is 16.5. The number of fused-ring (bicyclic) bond motifs is 1. The molecule has 0 fully saturated rings. The van der Waals surface area contributed by atoms with Crippen LogP contribution in [0.3, 0.4) is 0 Å². The quantitative estimate of drug-likeness (QED) is 0.684. The number of carbonyl (C=O) groups is 1. The lowest BCUT2D eigenvalue weighted by Crippen LogP contribution is -2.04. The lowest BCUT2D eigenvalue weighted by Gasteiger charge is -2.05. The summed E-state index contributed by atoms with van der Waals surface area (Å²) in [6, 6.07) is 13.9. The van der Waals surface area contributed by atoms with Crippen LogP contribution < -0.4 is 0 Å². The molecule has 2 aromatic carbocycles. The van der Waals surface area contributed by atoms with Crippen LogP contribution in [0.15, 0.2) is 48.7 Å². The molecule has 1 heterocycles. The zero-order valence-corrected chi connectivity index (χ0v) is 11.0.